The molecule has 33 heavy (non-hydrogen) atoms. The first-order valence-corrected chi connectivity index (χ1v) is 13.5. The summed E-state index contributed by atoms with van der Waals surface area (Å²) in [4.78, 5) is 27.6. The molecule has 2 aliphatic rings. The monoisotopic (exact) mass is 490 g/mol. The third kappa shape index (κ3) is 5.74. The smallest absolute Gasteiger partial charge is 0.284 e. The van der Waals surface area contributed by atoms with Crippen molar-refractivity contribution in [3.63, 3.8) is 0 Å². The Bertz CT molecular complexity index is 1140. The average Bonchev–Trinajstić information content (AvgIpc) is 3.42. The number of rotatable bonds is 7. The molecule has 1 amide bonds. The molecule has 2 fully saturated rings. The van der Waals surface area contributed by atoms with E-state index in [1.54, 1.807) is 17.0 Å². The molecule has 2 aliphatic heterocycles. The van der Waals surface area contributed by atoms with Gasteiger partial charge in [-0.05, 0) is 50.5 Å². The predicted molar refractivity (Wildman–Crippen MR) is 125 cm³/mol. The molecule has 2 aromatic rings. The molecule has 2 heterocycles. The van der Waals surface area contributed by atoms with Crippen LogP contribution in [-0.2, 0) is 14.6 Å². The van der Waals surface area contributed by atoms with E-state index in [-0.39, 0.29) is 35.4 Å². The quantitative estimate of drug-likeness (QED) is 0.428. The number of ether oxygens (including phenoxy) is 1. The second-order valence-corrected chi connectivity index (χ2v) is 11.8. The number of hydrogen-bond acceptors (Lipinski definition) is 7. The second kappa shape index (κ2) is 9.82. The van der Waals surface area contributed by atoms with Gasteiger partial charge in [0.15, 0.2) is 9.84 Å². The normalized spacial score (nSPS) is 21.7. The molecule has 2 atom stereocenters. The summed E-state index contributed by atoms with van der Waals surface area (Å²) in [6.45, 7) is 2.87. The molecule has 0 N–H and O–H groups in total. The minimum absolute atomic E-state index is 0.0409. The van der Waals surface area contributed by atoms with Crippen LogP contribution >= 0.6 is 11.8 Å². The Morgan fingerprint density at radius 2 is 1.97 bits per heavy atom. The van der Waals surface area contributed by atoms with Crippen LogP contribution in [0, 0.1) is 17.0 Å². The first-order valence-electron chi connectivity index (χ1n) is 10.9. The van der Waals surface area contributed by atoms with Crippen molar-refractivity contribution in [2.24, 2.45) is 0 Å². The summed E-state index contributed by atoms with van der Waals surface area (Å²) in [6, 6.07) is 11.7. The highest BCUT2D eigenvalue weighted by molar-refractivity contribution is 7.99. The van der Waals surface area contributed by atoms with E-state index in [1.165, 1.54) is 17.8 Å². The number of hydrogen-bond donors (Lipinski definition) is 0. The molecule has 0 spiro atoms. The maximum absolute atomic E-state index is 13.5. The minimum Gasteiger partial charge on any atom is -0.376 e. The lowest BCUT2D eigenvalue weighted by molar-refractivity contribution is -0.387. The van der Waals surface area contributed by atoms with Gasteiger partial charge < -0.3 is 9.64 Å². The molecule has 0 saturated carbocycles. The fraction of sp³-hybridized carbons (Fsp3) is 0.435. The number of sulfone groups is 1. The Morgan fingerprint density at radius 1 is 1.21 bits per heavy atom. The van der Waals surface area contributed by atoms with Gasteiger partial charge in [-0.15, -0.1) is 0 Å². The average molecular weight is 491 g/mol. The number of aryl methyl sites for hydroxylation is 1. The van der Waals surface area contributed by atoms with E-state index in [0.29, 0.717) is 17.9 Å². The standard InChI is InChI=1S/C23H26N2O6S2/c1-16-4-7-20(8-5-16)32-22-9-6-17(13-21(22)25(27)28)23(26)24(14-19-3-2-11-31-19)18-10-12-33(29,30)15-18/h4-9,13,18-19H,2-3,10-12,14-15H2,1H3/t18-,19-/m0/s1. The SMILES string of the molecule is Cc1ccc(Sc2ccc(C(=O)N(C[C@@H]3CCCO3)[C@H]3CCS(=O)(=O)C3)cc2[N+](=O)[O-])cc1. The molecule has 0 aromatic heterocycles. The van der Waals surface area contributed by atoms with Crippen molar-refractivity contribution >= 4 is 33.2 Å². The third-order valence-corrected chi connectivity index (χ3v) is 8.81. The van der Waals surface area contributed by atoms with Gasteiger partial charge in [0.2, 0.25) is 0 Å². The van der Waals surface area contributed by atoms with Crippen molar-refractivity contribution in [1.29, 1.82) is 0 Å². The molecular formula is C23H26N2O6S2. The van der Waals surface area contributed by atoms with Gasteiger partial charge in [0.05, 0.1) is 27.4 Å². The van der Waals surface area contributed by atoms with E-state index in [1.807, 2.05) is 31.2 Å². The van der Waals surface area contributed by atoms with Gasteiger partial charge in [0.1, 0.15) is 0 Å². The number of nitrogens with zero attached hydrogens (tertiary/aromatic N) is 2. The molecule has 10 heteroatoms. The van der Waals surface area contributed by atoms with Crippen LogP contribution in [-0.4, -0.2) is 61.0 Å². The van der Waals surface area contributed by atoms with E-state index >= 15 is 0 Å². The zero-order chi connectivity index (χ0) is 23.6. The Kier molecular flexibility index (Phi) is 7.06. The van der Waals surface area contributed by atoms with Gasteiger partial charge in [-0.1, -0.05) is 29.5 Å². The van der Waals surface area contributed by atoms with Crippen LogP contribution < -0.4 is 0 Å². The summed E-state index contributed by atoms with van der Waals surface area (Å²) in [5.41, 5.74) is 1.12. The van der Waals surface area contributed by atoms with Gasteiger partial charge in [0.25, 0.3) is 11.6 Å². The summed E-state index contributed by atoms with van der Waals surface area (Å²) in [6.07, 6.45) is 1.91. The van der Waals surface area contributed by atoms with Crippen LogP contribution in [0.2, 0.25) is 0 Å². The molecule has 8 nitrogen and oxygen atoms in total. The van der Waals surface area contributed by atoms with Crippen LogP contribution in [0.15, 0.2) is 52.3 Å². The lowest BCUT2D eigenvalue weighted by Crippen LogP contribution is -2.45. The topological polar surface area (TPSA) is 107 Å². The van der Waals surface area contributed by atoms with Crippen molar-refractivity contribution in [3.05, 3.63) is 63.7 Å². The van der Waals surface area contributed by atoms with Crippen molar-refractivity contribution in [3.8, 4) is 0 Å². The first kappa shape index (κ1) is 23.7. The number of nitro groups is 1. The van der Waals surface area contributed by atoms with Crippen LogP contribution in [0.3, 0.4) is 0 Å². The van der Waals surface area contributed by atoms with Gasteiger partial charge >= 0.3 is 0 Å². The van der Waals surface area contributed by atoms with E-state index < -0.39 is 26.7 Å². The Morgan fingerprint density at radius 3 is 2.58 bits per heavy atom. The van der Waals surface area contributed by atoms with Gasteiger partial charge in [-0.25, -0.2) is 8.42 Å². The van der Waals surface area contributed by atoms with E-state index in [4.69, 9.17) is 4.74 Å². The lowest BCUT2D eigenvalue weighted by Gasteiger charge is -2.30. The maximum atomic E-state index is 13.5. The molecule has 2 saturated heterocycles. The first-order chi connectivity index (χ1) is 15.7. The molecule has 0 aliphatic carbocycles. The molecule has 0 radical (unpaired) electrons. The lowest BCUT2D eigenvalue weighted by atomic mass is 10.1. The van der Waals surface area contributed by atoms with E-state index in [0.717, 1.165) is 23.3 Å². The molecule has 0 unspecified atom stereocenters. The highest BCUT2D eigenvalue weighted by Crippen LogP contribution is 2.36. The van der Waals surface area contributed by atoms with E-state index in [2.05, 4.69) is 0 Å². The van der Waals surface area contributed by atoms with Crippen molar-refractivity contribution < 1.29 is 22.9 Å². The Hall–Kier alpha value is -2.43. The zero-order valence-electron chi connectivity index (χ0n) is 18.3. The minimum atomic E-state index is -3.20. The number of carbonyl (C=O) groups excluding carboxylic acids is 1. The zero-order valence-corrected chi connectivity index (χ0v) is 19.9. The third-order valence-electron chi connectivity index (χ3n) is 5.99. The number of benzene rings is 2. The molecule has 4 rings (SSSR count). The largest absolute Gasteiger partial charge is 0.376 e. The van der Waals surface area contributed by atoms with Gasteiger partial charge in [0, 0.05) is 35.7 Å². The molecular weight excluding hydrogens is 464 g/mol. The summed E-state index contributed by atoms with van der Waals surface area (Å²) in [5, 5.41) is 11.8. The predicted octanol–water partition coefficient (Wildman–Crippen LogP) is 3.86. The van der Waals surface area contributed by atoms with Crippen LogP contribution in [0.5, 0.6) is 0 Å². The second-order valence-electron chi connectivity index (χ2n) is 8.50. The van der Waals surface area contributed by atoms with Crippen molar-refractivity contribution in [2.45, 2.75) is 48.1 Å². The number of nitro benzene ring substituents is 1. The van der Waals surface area contributed by atoms with Crippen LogP contribution in [0.25, 0.3) is 0 Å². The van der Waals surface area contributed by atoms with Crippen LogP contribution in [0.4, 0.5) is 5.69 Å². The summed E-state index contributed by atoms with van der Waals surface area (Å²) < 4.78 is 29.8. The highest BCUT2D eigenvalue weighted by Gasteiger charge is 2.37. The number of amides is 1. The van der Waals surface area contributed by atoms with Crippen LogP contribution in [0.1, 0.15) is 35.2 Å². The molecule has 0 bridgehead atoms. The Balaban J connectivity index is 1.61. The molecule has 176 valence electrons. The summed E-state index contributed by atoms with van der Waals surface area (Å²) >= 11 is 1.27. The Labute approximate surface area is 197 Å². The fourth-order valence-electron chi connectivity index (χ4n) is 4.21. The van der Waals surface area contributed by atoms with Crippen molar-refractivity contribution in [1.82, 2.24) is 4.90 Å². The summed E-state index contributed by atoms with van der Waals surface area (Å²) in [5.74, 6) is -0.448. The number of carbonyl (C=O) groups is 1. The van der Waals surface area contributed by atoms with Gasteiger partial charge in [-0.2, -0.15) is 0 Å². The van der Waals surface area contributed by atoms with Gasteiger partial charge in [-0.3, -0.25) is 14.9 Å². The molecule has 2 aromatic carbocycles. The maximum Gasteiger partial charge on any atom is 0.284 e. The van der Waals surface area contributed by atoms with E-state index in [9.17, 15) is 23.3 Å². The summed E-state index contributed by atoms with van der Waals surface area (Å²) in [7, 11) is -3.20. The highest BCUT2D eigenvalue weighted by atomic mass is 32.2. The fourth-order valence-corrected chi connectivity index (χ4v) is 6.84. The van der Waals surface area contributed by atoms with Crippen molar-refractivity contribution in [2.75, 3.05) is 24.7 Å².